The van der Waals surface area contributed by atoms with Crippen molar-refractivity contribution in [2.75, 3.05) is 7.05 Å². The summed E-state index contributed by atoms with van der Waals surface area (Å²) < 4.78 is 0. The van der Waals surface area contributed by atoms with Gasteiger partial charge in [-0.15, -0.1) is 0 Å². The zero-order valence-electron chi connectivity index (χ0n) is 9.76. The Hall–Kier alpha value is -0.890. The van der Waals surface area contributed by atoms with E-state index in [1.807, 2.05) is 19.3 Å². The third-order valence-electron chi connectivity index (χ3n) is 2.48. The molecule has 0 saturated heterocycles. The van der Waals surface area contributed by atoms with Crippen LogP contribution in [0.25, 0.3) is 0 Å². The fourth-order valence-corrected chi connectivity index (χ4v) is 1.78. The fourth-order valence-electron chi connectivity index (χ4n) is 1.78. The number of hydrogen-bond donors (Lipinski definition) is 1. The number of pyridine rings is 1. The molecule has 0 aliphatic rings. The average Bonchev–Trinajstić information content (AvgIpc) is 2.07. The molecule has 0 aromatic carbocycles. The molecule has 0 saturated carbocycles. The van der Waals surface area contributed by atoms with Crippen LogP contribution >= 0.6 is 0 Å². The molecule has 1 rings (SSSR count). The smallest absolute Gasteiger partial charge is 0.0607 e. The van der Waals surface area contributed by atoms with Crippen LogP contribution in [-0.2, 0) is 0 Å². The molecule has 0 spiro atoms. The van der Waals surface area contributed by atoms with Gasteiger partial charge in [-0.1, -0.05) is 26.8 Å². The van der Waals surface area contributed by atoms with Gasteiger partial charge in [0.2, 0.25) is 0 Å². The van der Waals surface area contributed by atoms with Crippen LogP contribution in [0.1, 0.15) is 38.1 Å². The van der Waals surface area contributed by atoms with E-state index >= 15 is 0 Å². The second kappa shape index (κ2) is 4.09. The lowest BCUT2D eigenvalue weighted by molar-refractivity contribution is 0.280. The van der Waals surface area contributed by atoms with E-state index in [2.05, 4.69) is 44.1 Å². The largest absolute Gasteiger partial charge is 0.311 e. The van der Waals surface area contributed by atoms with Gasteiger partial charge < -0.3 is 5.32 Å². The Labute approximate surface area is 86.8 Å². The van der Waals surface area contributed by atoms with E-state index in [0.29, 0.717) is 6.04 Å². The van der Waals surface area contributed by atoms with Gasteiger partial charge in [0.15, 0.2) is 0 Å². The van der Waals surface area contributed by atoms with Gasteiger partial charge in [-0.2, -0.15) is 0 Å². The standard InChI is InChI=1S/C12H20N2/c1-9-7-6-8-14-10(9)11(13-5)12(2,3)4/h6-8,11,13H,1-5H3. The van der Waals surface area contributed by atoms with Gasteiger partial charge in [0, 0.05) is 6.20 Å². The van der Waals surface area contributed by atoms with Crippen molar-refractivity contribution >= 4 is 0 Å². The Morgan fingerprint density at radius 1 is 1.36 bits per heavy atom. The monoisotopic (exact) mass is 192 g/mol. The van der Waals surface area contributed by atoms with Crippen molar-refractivity contribution in [3.63, 3.8) is 0 Å². The van der Waals surface area contributed by atoms with Gasteiger partial charge in [0.1, 0.15) is 0 Å². The molecule has 14 heavy (non-hydrogen) atoms. The van der Waals surface area contributed by atoms with E-state index in [9.17, 15) is 0 Å². The van der Waals surface area contributed by atoms with Gasteiger partial charge in [-0.05, 0) is 31.0 Å². The molecule has 0 fully saturated rings. The van der Waals surface area contributed by atoms with Crippen LogP contribution in [0.2, 0.25) is 0 Å². The first-order valence-electron chi connectivity index (χ1n) is 5.05. The molecule has 2 nitrogen and oxygen atoms in total. The summed E-state index contributed by atoms with van der Waals surface area (Å²) in [7, 11) is 1.99. The van der Waals surface area contributed by atoms with Crippen LogP contribution in [0, 0.1) is 12.3 Å². The summed E-state index contributed by atoms with van der Waals surface area (Å²) in [5.41, 5.74) is 2.60. The SMILES string of the molecule is CNC(c1ncccc1C)C(C)(C)C. The molecular weight excluding hydrogens is 172 g/mol. The lowest BCUT2D eigenvalue weighted by atomic mass is 9.83. The second-order valence-corrected chi connectivity index (χ2v) is 4.79. The minimum absolute atomic E-state index is 0.188. The molecule has 1 atom stereocenters. The van der Waals surface area contributed by atoms with Crippen LogP contribution in [0.15, 0.2) is 18.3 Å². The fraction of sp³-hybridized carbons (Fsp3) is 0.583. The number of aryl methyl sites for hydroxylation is 1. The highest BCUT2D eigenvalue weighted by atomic mass is 14.9. The van der Waals surface area contributed by atoms with E-state index in [1.54, 1.807) is 0 Å². The molecule has 0 amide bonds. The number of nitrogens with one attached hydrogen (secondary N) is 1. The van der Waals surface area contributed by atoms with E-state index in [4.69, 9.17) is 0 Å². The maximum atomic E-state index is 4.45. The van der Waals surface area contributed by atoms with Crippen molar-refractivity contribution in [1.29, 1.82) is 0 Å². The van der Waals surface area contributed by atoms with E-state index in [1.165, 1.54) is 5.56 Å². The normalized spacial score (nSPS) is 14.1. The first kappa shape index (κ1) is 11.2. The van der Waals surface area contributed by atoms with Gasteiger partial charge in [0.05, 0.1) is 11.7 Å². The van der Waals surface area contributed by atoms with E-state index < -0.39 is 0 Å². The summed E-state index contributed by atoms with van der Waals surface area (Å²) in [6.07, 6.45) is 1.86. The summed E-state index contributed by atoms with van der Waals surface area (Å²) in [6, 6.07) is 4.40. The molecule has 78 valence electrons. The van der Waals surface area contributed by atoms with Gasteiger partial charge in [-0.3, -0.25) is 4.98 Å². The number of aromatic nitrogens is 1. The van der Waals surface area contributed by atoms with Crippen LogP contribution in [0.4, 0.5) is 0 Å². The van der Waals surface area contributed by atoms with E-state index in [0.717, 1.165) is 5.69 Å². The minimum atomic E-state index is 0.188. The molecule has 2 heteroatoms. The summed E-state index contributed by atoms with van der Waals surface area (Å²) in [4.78, 5) is 4.45. The van der Waals surface area contributed by atoms with Crippen LogP contribution < -0.4 is 5.32 Å². The van der Waals surface area contributed by atoms with Crippen LogP contribution in [0.5, 0.6) is 0 Å². The Morgan fingerprint density at radius 3 is 2.43 bits per heavy atom. The summed E-state index contributed by atoms with van der Waals surface area (Å²) in [5.74, 6) is 0. The van der Waals surface area contributed by atoms with Crippen LogP contribution in [0.3, 0.4) is 0 Å². The van der Waals surface area contributed by atoms with Crippen LogP contribution in [-0.4, -0.2) is 12.0 Å². The highest BCUT2D eigenvalue weighted by Gasteiger charge is 2.26. The molecule has 0 bridgehead atoms. The first-order valence-corrected chi connectivity index (χ1v) is 5.05. The molecule has 0 radical (unpaired) electrons. The lowest BCUT2D eigenvalue weighted by Crippen LogP contribution is -2.31. The van der Waals surface area contributed by atoms with E-state index in [-0.39, 0.29) is 5.41 Å². The Balaban J connectivity index is 3.08. The maximum absolute atomic E-state index is 4.45. The summed E-state index contributed by atoms with van der Waals surface area (Å²) in [5, 5.41) is 3.34. The first-order chi connectivity index (χ1) is 6.46. The molecule has 1 heterocycles. The quantitative estimate of drug-likeness (QED) is 0.779. The van der Waals surface area contributed by atoms with Crippen molar-refractivity contribution in [3.8, 4) is 0 Å². The number of rotatable bonds is 2. The Morgan fingerprint density at radius 2 is 2.00 bits per heavy atom. The predicted octanol–water partition coefficient (Wildman–Crippen LogP) is 2.70. The van der Waals surface area contributed by atoms with Gasteiger partial charge in [-0.25, -0.2) is 0 Å². The average molecular weight is 192 g/mol. The van der Waals surface area contributed by atoms with Crippen molar-refractivity contribution in [2.45, 2.75) is 33.7 Å². The zero-order valence-corrected chi connectivity index (χ0v) is 9.76. The number of hydrogen-bond acceptors (Lipinski definition) is 2. The van der Waals surface area contributed by atoms with Crippen molar-refractivity contribution < 1.29 is 0 Å². The van der Waals surface area contributed by atoms with Crippen molar-refractivity contribution in [1.82, 2.24) is 10.3 Å². The second-order valence-electron chi connectivity index (χ2n) is 4.79. The maximum Gasteiger partial charge on any atom is 0.0607 e. The van der Waals surface area contributed by atoms with Gasteiger partial charge >= 0.3 is 0 Å². The predicted molar refractivity (Wildman–Crippen MR) is 60.2 cm³/mol. The molecule has 1 unspecified atom stereocenters. The third-order valence-corrected chi connectivity index (χ3v) is 2.48. The highest BCUT2D eigenvalue weighted by molar-refractivity contribution is 5.22. The number of nitrogens with zero attached hydrogens (tertiary/aromatic N) is 1. The summed E-state index contributed by atoms with van der Waals surface area (Å²) >= 11 is 0. The molecule has 1 aromatic heterocycles. The Kier molecular flexibility index (Phi) is 3.27. The molecule has 0 aliphatic heterocycles. The lowest BCUT2D eigenvalue weighted by Gasteiger charge is -2.30. The minimum Gasteiger partial charge on any atom is -0.311 e. The highest BCUT2D eigenvalue weighted by Crippen LogP contribution is 2.32. The third kappa shape index (κ3) is 2.32. The van der Waals surface area contributed by atoms with Crippen molar-refractivity contribution in [2.24, 2.45) is 5.41 Å². The topological polar surface area (TPSA) is 24.9 Å². The molecule has 1 aromatic rings. The summed E-state index contributed by atoms with van der Waals surface area (Å²) in [6.45, 7) is 8.78. The Bertz CT molecular complexity index is 299. The molecule has 0 aliphatic carbocycles. The molecule has 1 N–H and O–H groups in total. The molecular formula is C12H20N2. The van der Waals surface area contributed by atoms with Gasteiger partial charge in [0.25, 0.3) is 0 Å². The van der Waals surface area contributed by atoms with Crippen molar-refractivity contribution in [3.05, 3.63) is 29.6 Å². The zero-order chi connectivity index (χ0) is 10.8.